The molecule has 3 aliphatic rings. The van der Waals surface area contributed by atoms with Crippen molar-refractivity contribution in [2.45, 2.75) is 45.6 Å². The number of fused-ring (bicyclic) bond motifs is 2. The molecule has 1 aliphatic heterocycles. The standard InChI is InChI=1S/C19H28N2/c1-14-3-4-15(2)18(11-14)20-7-9-21(10-8-20)19-13-16-5-6-17(19)12-16/h3-4,11,16-17,19H,5-10,12-13H2,1-2H3. The van der Waals surface area contributed by atoms with Gasteiger partial charge in [0.15, 0.2) is 0 Å². The number of rotatable bonds is 2. The normalized spacial score (nSPS) is 32.9. The SMILES string of the molecule is Cc1ccc(C)c(N2CCN(C3CC4CCC3C4)CC2)c1. The van der Waals surface area contributed by atoms with Crippen LogP contribution in [-0.2, 0) is 0 Å². The van der Waals surface area contributed by atoms with Gasteiger partial charge in [-0.05, 0) is 62.1 Å². The average molecular weight is 284 g/mol. The molecule has 2 saturated carbocycles. The molecule has 0 aromatic heterocycles. The van der Waals surface area contributed by atoms with Crippen molar-refractivity contribution in [2.75, 3.05) is 31.1 Å². The van der Waals surface area contributed by atoms with Crippen molar-refractivity contribution in [3.8, 4) is 0 Å². The summed E-state index contributed by atoms with van der Waals surface area (Å²) >= 11 is 0. The lowest BCUT2D eigenvalue weighted by Gasteiger charge is -2.42. The molecule has 4 rings (SSSR count). The van der Waals surface area contributed by atoms with Crippen molar-refractivity contribution in [3.63, 3.8) is 0 Å². The Hall–Kier alpha value is -1.02. The predicted octanol–water partition coefficient (Wildman–Crippen LogP) is 3.61. The van der Waals surface area contributed by atoms with E-state index in [1.54, 1.807) is 0 Å². The van der Waals surface area contributed by atoms with Gasteiger partial charge in [0.25, 0.3) is 0 Å². The molecule has 114 valence electrons. The number of aryl methyl sites for hydroxylation is 2. The molecule has 21 heavy (non-hydrogen) atoms. The first kappa shape index (κ1) is 13.6. The Labute approximate surface area is 129 Å². The summed E-state index contributed by atoms with van der Waals surface area (Å²) in [5.41, 5.74) is 4.27. The van der Waals surface area contributed by atoms with Crippen molar-refractivity contribution in [3.05, 3.63) is 29.3 Å². The van der Waals surface area contributed by atoms with Gasteiger partial charge in [0.1, 0.15) is 0 Å². The van der Waals surface area contributed by atoms with E-state index < -0.39 is 0 Å². The molecule has 0 amide bonds. The highest BCUT2D eigenvalue weighted by Crippen LogP contribution is 2.46. The van der Waals surface area contributed by atoms with Crippen LogP contribution in [-0.4, -0.2) is 37.1 Å². The van der Waals surface area contributed by atoms with E-state index in [0.29, 0.717) is 0 Å². The van der Waals surface area contributed by atoms with Crippen molar-refractivity contribution in [2.24, 2.45) is 11.8 Å². The van der Waals surface area contributed by atoms with Crippen LogP contribution in [0.5, 0.6) is 0 Å². The summed E-state index contributed by atoms with van der Waals surface area (Å²) in [6, 6.07) is 7.78. The maximum absolute atomic E-state index is 2.81. The smallest absolute Gasteiger partial charge is 0.0399 e. The van der Waals surface area contributed by atoms with Crippen LogP contribution in [0.1, 0.15) is 36.8 Å². The van der Waals surface area contributed by atoms with Gasteiger partial charge in [-0.2, -0.15) is 0 Å². The van der Waals surface area contributed by atoms with Crippen LogP contribution in [0.15, 0.2) is 18.2 Å². The van der Waals surface area contributed by atoms with Crippen LogP contribution < -0.4 is 4.90 Å². The molecule has 1 aromatic carbocycles. The highest BCUT2D eigenvalue weighted by atomic mass is 15.3. The molecule has 2 nitrogen and oxygen atoms in total. The molecule has 1 aromatic rings. The lowest BCUT2D eigenvalue weighted by molar-refractivity contribution is 0.135. The molecule has 0 spiro atoms. The predicted molar refractivity (Wildman–Crippen MR) is 88.9 cm³/mol. The molecule has 3 unspecified atom stereocenters. The van der Waals surface area contributed by atoms with Crippen LogP contribution in [0.4, 0.5) is 5.69 Å². The zero-order chi connectivity index (χ0) is 14.4. The van der Waals surface area contributed by atoms with Crippen molar-refractivity contribution in [1.29, 1.82) is 0 Å². The summed E-state index contributed by atoms with van der Waals surface area (Å²) in [7, 11) is 0. The minimum absolute atomic E-state index is 0.921. The van der Waals surface area contributed by atoms with E-state index in [4.69, 9.17) is 0 Å². The zero-order valence-corrected chi connectivity index (χ0v) is 13.5. The maximum Gasteiger partial charge on any atom is 0.0399 e. The monoisotopic (exact) mass is 284 g/mol. The van der Waals surface area contributed by atoms with Crippen molar-refractivity contribution in [1.82, 2.24) is 4.90 Å². The highest BCUT2D eigenvalue weighted by molar-refractivity contribution is 5.55. The third-order valence-corrected chi connectivity index (χ3v) is 6.19. The van der Waals surface area contributed by atoms with Crippen LogP contribution in [0, 0.1) is 25.7 Å². The fourth-order valence-electron chi connectivity index (χ4n) is 5.01. The number of anilines is 1. The Bertz CT molecular complexity index is 516. The fraction of sp³-hybridized carbons (Fsp3) is 0.684. The molecule has 3 fully saturated rings. The van der Waals surface area contributed by atoms with Crippen LogP contribution in [0.25, 0.3) is 0 Å². The third kappa shape index (κ3) is 2.48. The molecule has 1 saturated heterocycles. The molecule has 2 bridgehead atoms. The van der Waals surface area contributed by atoms with E-state index in [9.17, 15) is 0 Å². The molecule has 2 heteroatoms. The van der Waals surface area contributed by atoms with E-state index in [-0.39, 0.29) is 0 Å². The topological polar surface area (TPSA) is 6.48 Å². The third-order valence-electron chi connectivity index (χ3n) is 6.19. The molecule has 1 heterocycles. The van der Waals surface area contributed by atoms with Gasteiger partial charge in [-0.3, -0.25) is 4.90 Å². The fourth-order valence-corrected chi connectivity index (χ4v) is 5.01. The van der Waals surface area contributed by atoms with Gasteiger partial charge in [-0.1, -0.05) is 18.6 Å². The number of piperazine rings is 1. The minimum atomic E-state index is 0.921. The van der Waals surface area contributed by atoms with E-state index in [2.05, 4.69) is 41.8 Å². The van der Waals surface area contributed by atoms with E-state index >= 15 is 0 Å². The molecular formula is C19H28N2. The first-order chi connectivity index (χ1) is 10.2. The number of benzene rings is 1. The molecule has 0 radical (unpaired) electrons. The van der Waals surface area contributed by atoms with Crippen LogP contribution in [0.3, 0.4) is 0 Å². The first-order valence-electron chi connectivity index (χ1n) is 8.77. The van der Waals surface area contributed by atoms with Crippen molar-refractivity contribution >= 4 is 5.69 Å². The Morgan fingerprint density at radius 1 is 0.952 bits per heavy atom. The number of hydrogen-bond donors (Lipinski definition) is 0. The average Bonchev–Trinajstić information content (AvgIpc) is 3.13. The van der Waals surface area contributed by atoms with Crippen LogP contribution in [0.2, 0.25) is 0 Å². The lowest BCUT2D eigenvalue weighted by Crippen LogP contribution is -2.51. The van der Waals surface area contributed by atoms with Gasteiger partial charge in [0.05, 0.1) is 0 Å². The van der Waals surface area contributed by atoms with Gasteiger partial charge in [-0.15, -0.1) is 0 Å². The van der Waals surface area contributed by atoms with Gasteiger partial charge >= 0.3 is 0 Å². The number of hydrogen-bond acceptors (Lipinski definition) is 2. The van der Waals surface area contributed by atoms with Gasteiger partial charge < -0.3 is 4.90 Å². The maximum atomic E-state index is 2.81. The van der Waals surface area contributed by atoms with Gasteiger partial charge in [-0.25, -0.2) is 0 Å². The van der Waals surface area contributed by atoms with Gasteiger partial charge in [0.2, 0.25) is 0 Å². The second-order valence-electron chi connectivity index (χ2n) is 7.56. The van der Waals surface area contributed by atoms with Gasteiger partial charge in [0, 0.05) is 37.9 Å². The highest BCUT2D eigenvalue weighted by Gasteiger charge is 2.42. The Kier molecular flexibility index (Phi) is 3.45. The minimum Gasteiger partial charge on any atom is -0.369 e. The second-order valence-corrected chi connectivity index (χ2v) is 7.56. The number of nitrogens with zero attached hydrogens (tertiary/aromatic N) is 2. The molecule has 2 aliphatic carbocycles. The van der Waals surface area contributed by atoms with Crippen molar-refractivity contribution < 1.29 is 0 Å². The summed E-state index contributed by atoms with van der Waals surface area (Å²) in [5, 5.41) is 0. The molecule has 3 atom stereocenters. The summed E-state index contributed by atoms with van der Waals surface area (Å²) < 4.78 is 0. The van der Waals surface area contributed by atoms with Crippen LogP contribution >= 0.6 is 0 Å². The summed E-state index contributed by atoms with van der Waals surface area (Å²) in [4.78, 5) is 5.41. The van der Waals surface area contributed by atoms with E-state index in [0.717, 1.165) is 17.9 Å². The second kappa shape index (κ2) is 5.31. The van der Waals surface area contributed by atoms with E-state index in [1.807, 2.05) is 0 Å². The summed E-state index contributed by atoms with van der Waals surface area (Å²) in [6.45, 7) is 9.39. The Balaban J connectivity index is 1.41. The summed E-state index contributed by atoms with van der Waals surface area (Å²) in [5.74, 6) is 2.10. The Morgan fingerprint density at radius 2 is 1.76 bits per heavy atom. The molecular weight excluding hydrogens is 256 g/mol. The van der Waals surface area contributed by atoms with E-state index in [1.165, 1.54) is 68.7 Å². The summed E-state index contributed by atoms with van der Waals surface area (Å²) in [6.07, 6.45) is 6.05. The quantitative estimate of drug-likeness (QED) is 0.818. The Morgan fingerprint density at radius 3 is 2.43 bits per heavy atom. The lowest BCUT2D eigenvalue weighted by atomic mass is 9.93. The molecule has 0 N–H and O–H groups in total. The first-order valence-corrected chi connectivity index (χ1v) is 8.77. The zero-order valence-electron chi connectivity index (χ0n) is 13.5. The largest absolute Gasteiger partial charge is 0.369 e.